The van der Waals surface area contributed by atoms with Gasteiger partial charge in [-0.1, -0.05) is 0 Å². The number of amides is 1. The molecular weight excluding hydrogens is 258 g/mol. The molecule has 0 aliphatic rings. The molecule has 104 valence electrons. The van der Waals surface area contributed by atoms with Crippen LogP contribution in [-0.4, -0.2) is 28.8 Å². The Morgan fingerprint density at radius 1 is 1.25 bits per heavy atom. The Morgan fingerprint density at radius 3 is 2.40 bits per heavy atom. The van der Waals surface area contributed by atoms with E-state index in [-0.39, 0.29) is 5.91 Å². The van der Waals surface area contributed by atoms with Crippen LogP contribution in [0.25, 0.3) is 0 Å². The number of carbonyl (C=O) groups excluding carboxylic acids is 2. The van der Waals surface area contributed by atoms with E-state index in [4.69, 9.17) is 0 Å². The number of nitrogens with zero attached hydrogens (tertiary/aromatic N) is 2. The first-order valence-electron chi connectivity index (χ1n) is 6.01. The van der Waals surface area contributed by atoms with Gasteiger partial charge in [0.1, 0.15) is 0 Å². The van der Waals surface area contributed by atoms with Crippen molar-refractivity contribution in [2.45, 2.75) is 6.92 Å². The molecule has 1 N–H and O–H groups in total. The van der Waals surface area contributed by atoms with Crippen LogP contribution in [0.5, 0.6) is 0 Å². The third kappa shape index (κ3) is 2.69. The lowest BCUT2D eigenvalue weighted by Crippen LogP contribution is -2.13. The van der Waals surface area contributed by atoms with E-state index in [1.807, 2.05) is 6.92 Å². The summed E-state index contributed by atoms with van der Waals surface area (Å²) in [6, 6.07) is 6.49. The summed E-state index contributed by atoms with van der Waals surface area (Å²) in [5.74, 6) is -0.646. The summed E-state index contributed by atoms with van der Waals surface area (Å²) in [5, 5.41) is 6.77. The fourth-order valence-corrected chi connectivity index (χ4v) is 1.73. The Balaban J connectivity index is 2.12. The van der Waals surface area contributed by atoms with Gasteiger partial charge in [0.15, 0.2) is 0 Å². The topological polar surface area (TPSA) is 73.2 Å². The first-order chi connectivity index (χ1) is 9.52. The van der Waals surface area contributed by atoms with Crippen molar-refractivity contribution >= 4 is 17.6 Å². The van der Waals surface area contributed by atoms with E-state index in [0.29, 0.717) is 16.8 Å². The first-order valence-corrected chi connectivity index (χ1v) is 6.01. The number of nitrogens with one attached hydrogen (secondary N) is 1. The maximum atomic E-state index is 12.1. The van der Waals surface area contributed by atoms with Crippen molar-refractivity contribution in [1.82, 2.24) is 9.78 Å². The lowest BCUT2D eigenvalue weighted by molar-refractivity contribution is 0.0600. The Labute approximate surface area is 116 Å². The van der Waals surface area contributed by atoms with E-state index in [1.165, 1.54) is 13.3 Å². The molecule has 0 saturated heterocycles. The molecule has 1 amide bonds. The number of rotatable bonds is 3. The molecule has 2 aromatic rings. The smallest absolute Gasteiger partial charge is 0.337 e. The Kier molecular flexibility index (Phi) is 3.84. The second kappa shape index (κ2) is 5.56. The molecular formula is C14H15N3O3. The number of methoxy groups -OCH3 is 1. The third-order valence-corrected chi connectivity index (χ3v) is 3.04. The molecule has 0 bridgehead atoms. The van der Waals surface area contributed by atoms with Crippen LogP contribution >= 0.6 is 0 Å². The van der Waals surface area contributed by atoms with Crippen LogP contribution in [0.15, 0.2) is 30.5 Å². The zero-order chi connectivity index (χ0) is 14.7. The molecule has 0 saturated carbocycles. The Hall–Kier alpha value is -2.63. The maximum absolute atomic E-state index is 12.1. The minimum Gasteiger partial charge on any atom is -0.465 e. The van der Waals surface area contributed by atoms with Crippen LogP contribution in [0, 0.1) is 6.92 Å². The number of hydrogen-bond acceptors (Lipinski definition) is 4. The fourth-order valence-electron chi connectivity index (χ4n) is 1.73. The molecule has 1 heterocycles. The van der Waals surface area contributed by atoms with Gasteiger partial charge in [0.2, 0.25) is 0 Å². The van der Waals surface area contributed by atoms with Crippen molar-refractivity contribution in [3.05, 3.63) is 47.3 Å². The highest BCUT2D eigenvalue weighted by Gasteiger charge is 2.13. The van der Waals surface area contributed by atoms with E-state index in [1.54, 1.807) is 36.0 Å². The summed E-state index contributed by atoms with van der Waals surface area (Å²) in [4.78, 5) is 23.4. The van der Waals surface area contributed by atoms with Gasteiger partial charge in [-0.3, -0.25) is 9.48 Å². The molecule has 20 heavy (non-hydrogen) atoms. The largest absolute Gasteiger partial charge is 0.465 e. The van der Waals surface area contributed by atoms with E-state index >= 15 is 0 Å². The second-order valence-electron chi connectivity index (χ2n) is 4.29. The van der Waals surface area contributed by atoms with Gasteiger partial charge in [-0.25, -0.2) is 4.79 Å². The summed E-state index contributed by atoms with van der Waals surface area (Å²) in [6.07, 6.45) is 1.52. The van der Waals surface area contributed by atoms with Gasteiger partial charge in [0.25, 0.3) is 5.91 Å². The van der Waals surface area contributed by atoms with Crippen LogP contribution in [0.3, 0.4) is 0 Å². The number of benzene rings is 1. The monoisotopic (exact) mass is 273 g/mol. The van der Waals surface area contributed by atoms with Crippen LogP contribution in [0.4, 0.5) is 5.69 Å². The molecule has 0 aliphatic carbocycles. The van der Waals surface area contributed by atoms with Crippen molar-refractivity contribution in [3.63, 3.8) is 0 Å². The molecule has 6 nitrogen and oxygen atoms in total. The molecule has 0 spiro atoms. The summed E-state index contributed by atoms with van der Waals surface area (Å²) in [6.45, 7) is 1.82. The average Bonchev–Trinajstić information content (AvgIpc) is 2.79. The number of anilines is 1. The molecule has 2 rings (SSSR count). The van der Waals surface area contributed by atoms with Crippen molar-refractivity contribution in [3.8, 4) is 0 Å². The van der Waals surface area contributed by atoms with Gasteiger partial charge >= 0.3 is 5.97 Å². The molecule has 0 radical (unpaired) electrons. The predicted molar refractivity (Wildman–Crippen MR) is 73.7 cm³/mol. The number of carbonyl (C=O) groups is 2. The number of hydrogen-bond donors (Lipinski definition) is 1. The van der Waals surface area contributed by atoms with Crippen molar-refractivity contribution in [2.75, 3.05) is 12.4 Å². The van der Waals surface area contributed by atoms with Gasteiger partial charge in [-0.15, -0.1) is 0 Å². The zero-order valence-electron chi connectivity index (χ0n) is 11.5. The highest BCUT2D eigenvalue weighted by Crippen LogP contribution is 2.13. The third-order valence-electron chi connectivity index (χ3n) is 3.04. The molecule has 0 fully saturated rings. The predicted octanol–water partition coefficient (Wildman–Crippen LogP) is 1.77. The van der Waals surface area contributed by atoms with Crippen LogP contribution in [0.2, 0.25) is 0 Å². The van der Waals surface area contributed by atoms with E-state index in [9.17, 15) is 9.59 Å². The molecule has 0 unspecified atom stereocenters. The number of aromatic nitrogens is 2. The van der Waals surface area contributed by atoms with Crippen LogP contribution in [0.1, 0.15) is 26.4 Å². The quantitative estimate of drug-likeness (QED) is 0.865. The average molecular weight is 273 g/mol. The normalized spacial score (nSPS) is 10.2. The first kappa shape index (κ1) is 13.8. The SMILES string of the molecule is COC(=O)c1ccc(NC(=O)c2cnn(C)c2C)cc1. The lowest BCUT2D eigenvalue weighted by atomic mass is 10.2. The summed E-state index contributed by atoms with van der Waals surface area (Å²) < 4.78 is 6.24. The summed E-state index contributed by atoms with van der Waals surface area (Å²) in [5.41, 5.74) is 2.34. The van der Waals surface area contributed by atoms with Gasteiger partial charge in [0.05, 0.1) is 24.4 Å². The van der Waals surface area contributed by atoms with Crippen molar-refractivity contribution in [2.24, 2.45) is 7.05 Å². The number of ether oxygens (including phenoxy) is 1. The fraction of sp³-hybridized carbons (Fsp3) is 0.214. The summed E-state index contributed by atoms with van der Waals surface area (Å²) >= 11 is 0. The number of aryl methyl sites for hydroxylation is 1. The summed E-state index contributed by atoms with van der Waals surface area (Å²) in [7, 11) is 3.10. The lowest BCUT2D eigenvalue weighted by Gasteiger charge is -2.05. The maximum Gasteiger partial charge on any atom is 0.337 e. The molecule has 1 aromatic carbocycles. The zero-order valence-corrected chi connectivity index (χ0v) is 11.5. The second-order valence-corrected chi connectivity index (χ2v) is 4.29. The van der Waals surface area contributed by atoms with Crippen molar-refractivity contribution in [1.29, 1.82) is 0 Å². The molecule has 6 heteroatoms. The number of esters is 1. The van der Waals surface area contributed by atoms with Gasteiger partial charge < -0.3 is 10.1 Å². The minimum absolute atomic E-state index is 0.235. The van der Waals surface area contributed by atoms with E-state index in [0.717, 1.165) is 5.69 Å². The molecule has 0 aliphatic heterocycles. The standard InChI is InChI=1S/C14H15N3O3/c1-9-12(8-15-17(9)2)13(18)16-11-6-4-10(5-7-11)14(19)20-3/h4-8H,1-3H3,(H,16,18). The molecule has 1 aromatic heterocycles. The van der Waals surface area contributed by atoms with E-state index < -0.39 is 5.97 Å². The van der Waals surface area contributed by atoms with Gasteiger partial charge in [-0.05, 0) is 31.2 Å². The Bertz CT molecular complexity index is 644. The Morgan fingerprint density at radius 2 is 1.90 bits per heavy atom. The van der Waals surface area contributed by atoms with Crippen molar-refractivity contribution < 1.29 is 14.3 Å². The van der Waals surface area contributed by atoms with Gasteiger partial charge in [0, 0.05) is 18.4 Å². The highest BCUT2D eigenvalue weighted by molar-refractivity contribution is 6.05. The minimum atomic E-state index is -0.411. The van der Waals surface area contributed by atoms with Crippen LogP contribution in [-0.2, 0) is 11.8 Å². The highest BCUT2D eigenvalue weighted by atomic mass is 16.5. The van der Waals surface area contributed by atoms with Crippen LogP contribution < -0.4 is 5.32 Å². The molecule has 0 atom stereocenters. The van der Waals surface area contributed by atoms with E-state index in [2.05, 4.69) is 15.2 Å². The van der Waals surface area contributed by atoms with Gasteiger partial charge in [-0.2, -0.15) is 5.10 Å².